The summed E-state index contributed by atoms with van der Waals surface area (Å²) in [5.41, 5.74) is 0. The molecule has 0 aliphatic rings. The third-order valence-electron chi connectivity index (χ3n) is 1.58. The minimum atomic E-state index is -4.01. The Morgan fingerprint density at radius 3 is 2.59 bits per heavy atom. The molecular weight excluding hydrogens is 248 g/mol. The fourth-order valence-corrected chi connectivity index (χ4v) is 1.98. The summed E-state index contributed by atoms with van der Waals surface area (Å²) in [6, 6.07) is 0. The lowest BCUT2D eigenvalue weighted by molar-refractivity contribution is 0.121. The number of hydrogen-bond acceptors (Lipinski definition) is 5. The van der Waals surface area contributed by atoms with E-state index in [9.17, 15) is 13.2 Å². The molecule has 0 saturated carbocycles. The Hall–Kier alpha value is -1.12. The van der Waals surface area contributed by atoms with Gasteiger partial charge in [-0.05, 0) is 13.8 Å². The maximum absolute atomic E-state index is 11.7. The van der Waals surface area contributed by atoms with Gasteiger partial charge in [-0.25, -0.2) is 9.52 Å². The van der Waals surface area contributed by atoms with Gasteiger partial charge in [0.2, 0.25) is 0 Å². The van der Waals surface area contributed by atoms with E-state index in [1.54, 1.807) is 18.6 Å². The molecule has 0 radical (unpaired) electrons. The minimum absolute atomic E-state index is 0.00908. The van der Waals surface area contributed by atoms with Crippen molar-refractivity contribution in [2.24, 2.45) is 0 Å². The van der Waals surface area contributed by atoms with Crippen LogP contribution >= 0.6 is 0 Å². The summed E-state index contributed by atoms with van der Waals surface area (Å²) >= 11 is 0. The zero-order valence-corrected chi connectivity index (χ0v) is 10.7. The molecule has 7 nitrogen and oxygen atoms in total. The van der Waals surface area contributed by atoms with Crippen LogP contribution in [0.25, 0.3) is 0 Å². The highest BCUT2D eigenvalue weighted by Gasteiger charge is 2.23. The molecule has 0 unspecified atom stereocenters. The maximum Gasteiger partial charge on any atom is 0.422 e. The summed E-state index contributed by atoms with van der Waals surface area (Å²) in [7, 11) is -4.01. The van der Waals surface area contributed by atoms with Crippen LogP contribution in [0.3, 0.4) is 0 Å². The first-order valence-electron chi connectivity index (χ1n) is 5.03. The summed E-state index contributed by atoms with van der Waals surface area (Å²) in [4.78, 5) is 11.2. The van der Waals surface area contributed by atoms with Crippen LogP contribution in [-0.4, -0.2) is 49.7 Å². The Balaban J connectivity index is 4.61. The molecule has 0 spiro atoms. The Labute approximate surface area is 101 Å². The number of carbonyl (C=O) groups excluding carboxylic acids is 1. The lowest BCUT2D eigenvalue weighted by Gasteiger charge is -2.19. The summed E-state index contributed by atoms with van der Waals surface area (Å²) in [6.45, 7) is 6.10. The van der Waals surface area contributed by atoms with Crippen molar-refractivity contribution in [1.29, 1.82) is 0 Å². The average Bonchev–Trinajstić information content (AvgIpc) is 2.14. The largest absolute Gasteiger partial charge is 0.446 e. The van der Waals surface area contributed by atoms with Crippen LogP contribution in [-0.2, 0) is 14.9 Å². The van der Waals surface area contributed by atoms with E-state index in [0.717, 1.165) is 4.31 Å². The lowest BCUT2D eigenvalue weighted by Crippen LogP contribution is -2.45. The number of hydrogen-bond donors (Lipinski definition) is 2. The molecule has 0 fully saturated rings. The first kappa shape index (κ1) is 15.9. The van der Waals surface area contributed by atoms with Gasteiger partial charge in [0.05, 0.1) is 12.7 Å². The molecule has 0 aliphatic carbocycles. The number of nitrogens with one attached hydrogen (secondary N) is 1. The summed E-state index contributed by atoms with van der Waals surface area (Å²) in [6.07, 6.45) is -0.120. The van der Waals surface area contributed by atoms with Gasteiger partial charge >= 0.3 is 16.3 Å². The number of aliphatic hydroxyl groups excluding tert-OH is 1. The molecule has 0 bridgehead atoms. The molecule has 0 saturated heterocycles. The number of amides is 1. The van der Waals surface area contributed by atoms with Crippen LogP contribution in [0, 0.1) is 0 Å². The zero-order chi connectivity index (χ0) is 13.5. The van der Waals surface area contributed by atoms with Gasteiger partial charge in [-0.2, -0.15) is 12.7 Å². The molecule has 0 rings (SSSR count). The molecule has 8 heteroatoms. The number of rotatable bonds is 7. The van der Waals surface area contributed by atoms with Gasteiger partial charge in [0.15, 0.2) is 0 Å². The Morgan fingerprint density at radius 2 is 2.18 bits per heavy atom. The van der Waals surface area contributed by atoms with Crippen molar-refractivity contribution in [3.05, 3.63) is 12.7 Å². The molecule has 100 valence electrons. The van der Waals surface area contributed by atoms with E-state index < -0.39 is 22.4 Å². The van der Waals surface area contributed by atoms with E-state index in [4.69, 9.17) is 5.11 Å². The molecule has 0 aromatic heterocycles. The molecule has 17 heavy (non-hydrogen) atoms. The van der Waals surface area contributed by atoms with Crippen LogP contribution in [0.2, 0.25) is 0 Å². The van der Waals surface area contributed by atoms with E-state index >= 15 is 0 Å². The predicted octanol–water partition coefficient (Wildman–Crippen LogP) is -0.154. The first-order chi connectivity index (χ1) is 7.83. The SMILES string of the molecule is C=CCN(CCO)S(=O)(=O)NC(=O)OC(C)C. The Kier molecular flexibility index (Phi) is 6.78. The standard InChI is InChI=1S/C9H18N2O5S/c1-4-5-11(6-7-12)17(14,15)10-9(13)16-8(2)3/h4,8,12H,1,5-7H2,2-3H3,(H,10,13). The first-order valence-corrected chi connectivity index (χ1v) is 6.47. The van der Waals surface area contributed by atoms with Crippen LogP contribution < -0.4 is 4.72 Å². The van der Waals surface area contributed by atoms with Gasteiger partial charge in [0.25, 0.3) is 0 Å². The second kappa shape index (κ2) is 7.25. The van der Waals surface area contributed by atoms with E-state index in [-0.39, 0.29) is 19.7 Å². The van der Waals surface area contributed by atoms with E-state index in [0.29, 0.717) is 0 Å². The van der Waals surface area contributed by atoms with Crippen molar-refractivity contribution in [2.45, 2.75) is 20.0 Å². The van der Waals surface area contributed by atoms with Crippen LogP contribution in [0.15, 0.2) is 12.7 Å². The second-order valence-electron chi connectivity index (χ2n) is 3.43. The minimum Gasteiger partial charge on any atom is -0.446 e. The number of ether oxygens (including phenoxy) is 1. The van der Waals surface area contributed by atoms with Crippen LogP contribution in [0.5, 0.6) is 0 Å². The van der Waals surface area contributed by atoms with Crippen molar-refractivity contribution in [3.8, 4) is 0 Å². The number of carbonyl (C=O) groups is 1. The fourth-order valence-electron chi connectivity index (χ4n) is 0.973. The number of aliphatic hydroxyl groups is 1. The Morgan fingerprint density at radius 1 is 1.59 bits per heavy atom. The third-order valence-corrected chi connectivity index (χ3v) is 3.01. The van der Waals surface area contributed by atoms with E-state index in [1.165, 1.54) is 6.08 Å². The average molecular weight is 266 g/mol. The smallest absolute Gasteiger partial charge is 0.422 e. The highest BCUT2D eigenvalue weighted by atomic mass is 32.2. The van der Waals surface area contributed by atoms with Crippen LogP contribution in [0.4, 0.5) is 4.79 Å². The number of nitrogens with zero attached hydrogens (tertiary/aromatic N) is 1. The third kappa shape index (κ3) is 6.25. The maximum atomic E-state index is 11.7. The van der Waals surface area contributed by atoms with Crippen molar-refractivity contribution in [1.82, 2.24) is 9.03 Å². The van der Waals surface area contributed by atoms with Gasteiger partial charge in [0.1, 0.15) is 0 Å². The highest BCUT2D eigenvalue weighted by Crippen LogP contribution is 1.99. The normalized spacial score (nSPS) is 11.6. The molecule has 0 aromatic rings. The molecule has 0 atom stereocenters. The fraction of sp³-hybridized carbons (Fsp3) is 0.667. The second-order valence-corrected chi connectivity index (χ2v) is 5.10. The molecular formula is C9H18N2O5S. The van der Waals surface area contributed by atoms with Crippen molar-refractivity contribution in [3.63, 3.8) is 0 Å². The monoisotopic (exact) mass is 266 g/mol. The summed E-state index contributed by atoms with van der Waals surface area (Å²) in [5.74, 6) is 0. The Bertz CT molecular complexity index is 352. The van der Waals surface area contributed by atoms with Gasteiger partial charge in [0, 0.05) is 13.1 Å². The van der Waals surface area contributed by atoms with Gasteiger partial charge in [-0.15, -0.1) is 6.58 Å². The lowest BCUT2D eigenvalue weighted by atomic mass is 10.5. The zero-order valence-electron chi connectivity index (χ0n) is 9.92. The van der Waals surface area contributed by atoms with Crippen molar-refractivity contribution in [2.75, 3.05) is 19.7 Å². The predicted molar refractivity (Wildman–Crippen MR) is 62.5 cm³/mol. The van der Waals surface area contributed by atoms with Gasteiger partial charge < -0.3 is 9.84 Å². The molecule has 2 N–H and O–H groups in total. The molecule has 0 aromatic carbocycles. The molecule has 0 aliphatic heterocycles. The summed E-state index contributed by atoms with van der Waals surface area (Å²) in [5, 5.41) is 8.72. The van der Waals surface area contributed by atoms with Crippen molar-refractivity contribution >= 4 is 16.3 Å². The van der Waals surface area contributed by atoms with Gasteiger partial charge in [-0.3, -0.25) is 0 Å². The molecule has 1 amide bonds. The van der Waals surface area contributed by atoms with E-state index in [2.05, 4.69) is 11.3 Å². The quantitative estimate of drug-likeness (QED) is 0.625. The highest BCUT2D eigenvalue weighted by molar-refractivity contribution is 7.87. The summed E-state index contributed by atoms with van der Waals surface area (Å²) < 4.78 is 30.6. The topological polar surface area (TPSA) is 95.9 Å². The van der Waals surface area contributed by atoms with E-state index in [1.807, 2.05) is 0 Å². The van der Waals surface area contributed by atoms with Gasteiger partial charge in [-0.1, -0.05) is 6.08 Å². The molecule has 0 heterocycles. The van der Waals surface area contributed by atoms with Crippen molar-refractivity contribution < 1.29 is 23.1 Å². The van der Waals surface area contributed by atoms with Crippen LogP contribution in [0.1, 0.15) is 13.8 Å².